The minimum absolute atomic E-state index is 0.206. The SMILES string of the molecule is CC(C)Oc1cccc(C2=CC(N)CCCC2)c1. The van der Waals surface area contributed by atoms with E-state index >= 15 is 0 Å². The summed E-state index contributed by atoms with van der Waals surface area (Å²) in [6, 6.07) is 8.56. The lowest BCUT2D eigenvalue weighted by molar-refractivity contribution is 0.242. The molecule has 1 unspecified atom stereocenters. The van der Waals surface area contributed by atoms with Crippen LogP contribution < -0.4 is 10.5 Å². The largest absolute Gasteiger partial charge is 0.491 e. The van der Waals surface area contributed by atoms with E-state index in [-0.39, 0.29) is 12.1 Å². The van der Waals surface area contributed by atoms with Crippen LogP contribution in [-0.4, -0.2) is 12.1 Å². The molecule has 1 aromatic carbocycles. The van der Waals surface area contributed by atoms with Crippen molar-refractivity contribution < 1.29 is 4.74 Å². The van der Waals surface area contributed by atoms with Crippen LogP contribution in [0, 0.1) is 0 Å². The Morgan fingerprint density at radius 2 is 2.11 bits per heavy atom. The standard InChI is InChI=1S/C16H23NO/c1-12(2)18-16-9-5-7-14(11-16)13-6-3-4-8-15(17)10-13/h5,7,9-12,15H,3-4,6,8,17H2,1-2H3. The average Bonchev–Trinajstić information content (AvgIpc) is 2.53. The number of nitrogens with two attached hydrogens (primary N) is 1. The van der Waals surface area contributed by atoms with Gasteiger partial charge in [-0.1, -0.05) is 24.6 Å². The second-order valence-electron chi connectivity index (χ2n) is 5.30. The molecule has 0 aromatic heterocycles. The van der Waals surface area contributed by atoms with Crippen LogP contribution in [0.5, 0.6) is 5.75 Å². The van der Waals surface area contributed by atoms with Crippen molar-refractivity contribution in [3.8, 4) is 5.75 Å². The number of allylic oxidation sites excluding steroid dienone is 1. The molecular weight excluding hydrogens is 222 g/mol. The Labute approximate surface area is 110 Å². The van der Waals surface area contributed by atoms with Gasteiger partial charge >= 0.3 is 0 Å². The van der Waals surface area contributed by atoms with E-state index in [2.05, 4.69) is 24.3 Å². The van der Waals surface area contributed by atoms with Crippen molar-refractivity contribution in [2.24, 2.45) is 5.73 Å². The van der Waals surface area contributed by atoms with E-state index in [0.29, 0.717) is 0 Å². The van der Waals surface area contributed by atoms with Gasteiger partial charge in [-0.05, 0) is 56.4 Å². The van der Waals surface area contributed by atoms with Crippen molar-refractivity contribution in [1.82, 2.24) is 0 Å². The minimum Gasteiger partial charge on any atom is -0.491 e. The topological polar surface area (TPSA) is 35.2 Å². The summed E-state index contributed by atoms with van der Waals surface area (Å²) in [5.41, 5.74) is 8.70. The van der Waals surface area contributed by atoms with Gasteiger partial charge in [0.25, 0.3) is 0 Å². The van der Waals surface area contributed by atoms with Gasteiger partial charge in [0.05, 0.1) is 6.10 Å². The summed E-state index contributed by atoms with van der Waals surface area (Å²) in [5, 5.41) is 0. The van der Waals surface area contributed by atoms with Crippen LogP contribution in [-0.2, 0) is 0 Å². The first-order valence-corrected chi connectivity index (χ1v) is 6.88. The molecule has 0 saturated carbocycles. The Hall–Kier alpha value is -1.28. The van der Waals surface area contributed by atoms with Crippen molar-refractivity contribution in [3.05, 3.63) is 35.9 Å². The van der Waals surface area contributed by atoms with Crippen LogP contribution >= 0.6 is 0 Å². The molecule has 98 valence electrons. The van der Waals surface area contributed by atoms with E-state index in [1.54, 1.807) is 0 Å². The van der Waals surface area contributed by atoms with Crippen LogP contribution in [0.3, 0.4) is 0 Å². The molecule has 2 rings (SSSR count). The lowest BCUT2D eigenvalue weighted by Gasteiger charge is -2.12. The maximum Gasteiger partial charge on any atom is 0.120 e. The van der Waals surface area contributed by atoms with Crippen LogP contribution in [0.2, 0.25) is 0 Å². The van der Waals surface area contributed by atoms with E-state index in [1.807, 2.05) is 19.9 Å². The first-order valence-electron chi connectivity index (χ1n) is 6.88. The fourth-order valence-electron chi connectivity index (χ4n) is 2.40. The first-order chi connectivity index (χ1) is 8.65. The lowest BCUT2D eigenvalue weighted by atomic mass is 10.0. The van der Waals surface area contributed by atoms with Crippen LogP contribution in [0.25, 0.3) is 5.57 Å². The van der Waals surface area contributed by atoms with Crippen molar-refractivity contribution in [1.29, 1.82) is 0 Å². The van der Waals surface area contributed by atoms with Gasteiger partial charge < -0.3 is 10.5 Å². The molecule has 0 radical (unpaired) electrons. The molecule has 0 heterocycles. The molecular formula is C16H23NO. The zero-order chi connectivity index (χ0) is 13.0. The van der Waals surface area contributed by atoms with Crippen molar-refractivity contribution in [2.75, 3.05) is 0 Å². The van der Waals surface area contributed by atoms with Gasteiger partial charge in [-0.3, -0.25) is 0 Å². The second-order valence-corrected chi connectivity index (χ2v) is 5.30. The van der Waals surface area contributed by atoms with Gasteiger partial charge in [-0.2, -0.15) is 0 Å². The highest BCUT2D eigenvalue weighted by Crippen LogP contribution is 2.28. The summed E-state index contributed by atoms with van der Waals surface area (Å²) >= 11 is 0. The summed E-state index contributed by atoms with van der Waals surface area (Å²) in [5.74, 6) is 0.946. The van der Waals surface area contributed by atoms with Crippen LogP contribution in [0.1, 0.15) is 45.1 Å². The third-order valence-electron chi connectivity index (χ3n) is 3.23. The molecule has 2 N–H and O–H groups in total. The minimum atomic E-state index is 0.206. The summed E-state index contributed by atoms with van der Waals surface area (Å²) in [6.07, 6.45) is 7.12. The van der Waals surface area contributed by atoms with E-state index in [0.717, 1.165) is 18.6 Å². The third-order valence-corrected chi connectivity index (χ3v) is 3.23. The highest BCUT2D eigenvalue weighted by atomic mass is 16.5. The monoisotopic (exact) mass is 245 g/mol. The summed E-state index contributed by atoms with van der Waals surface area (Å²) < 4.78 is 5.75. The zero-order valence-electron chi connectivity index (χ0n) is 11.4. The number of rotatable bonds is 3. The quantitative estimate of drug-likeness (QED) is 0.880. The number of hydrogen-bond acceptors (Lipinski definition) is 2. The predicted molar refractivity (Wildman–Crippen MR) is 76.6 cm³/mol. The second kappa shape index (κ2) is 6.05. The van der Waals surface area contributed by atoms with E-state index in [1.165, 1.54) is 24.0 Å². The normalized spacial score (nSPS) is 20.4. The predicted octanol–water partition coefficient (Wildman–Crippen LogP) is 3.76. The molecule has 1 aliphatic carbocycles. The lowest BCUT2D eigenvalue weighted by Crippen LogP contribution is -2.15. The molecule has 0 saturated heterocycles. The summed E-state index contributed by atoms with van der Waals surface area (Å²) in [6.45, 7) is 4.10. The zero-order valence-corrected chi connectivity index (χ0v) is 11.4. The molecule has 18 heavy (non-hydrogen) atoms. The molecule has 1 aliphatic rings. The Bertz CT molecular complexity index is 423. The van der Waals surface area contributed by atoms with E-state index in [4.69, 9.17) is 10.5 Å². The maximum absolute atomic E-state index is 6.07. The molecule has 0 aliphatic heterocycles. The molecule has 0 bridgehead atoms. The third kappa shape index (κ3) is 3.61. The van der Waals surface area contributed by atoms with Crippen molar-refractivity contribution >= 4 is 5.57 Å². The number of benzene rings is 1. The van der Waals surface area contributed by atoms with Crippen molar-refractivity contribution in [2.45, 2.75) is 51.7 Å². The fourth-order valence-corrected chi connectivity index (χ4v) is 2.40. The Kier molecular flexibility index (Phi) is 4.43. The molecule has 0 fully saturated rings. The molecule has 2 nitrogen and oxygen atoms in total. The van der Waals surface area contributed by atoms with Gasteiger partial charge in [0.15, 0.2) is 0 Å². The molecule has 1 atom stereocenters. The van der Waals surface area contributed by atoms with Gasteiger partial charge in [-0.25, -0.2) is 0 Å². The van der Waals surface area contributed by atoms with Gasteiger partial charge in [0.2, 0.25) is 0 Å². The van der Waals surface area contributed by atoms with Gasteiger partial charge in [0, 0.05) is 6.04 Å². The Morgan fingerprint density at radius 1 is 1.28 bits per heavy atom. The highest BCUT2D eigenvalue weighted by Gasteiger charge is 2.10. The van der Waals surface area contributed by atoms with Crippen LogP contribution in [0.15, 0.2) is 30.3 Å². The number of ether oxygens (including phenoxy) is 1. The van der Waals surface area contributed by atoms with E-state index in [9.17, 15) is 0 Å². The Morgan fingerprint density at radius 3 is 2.89 bits per heavy atom. The van der Waals surface area contributed by atoms with Gasteiger partial charge in [-0.15, -0.1) is 0 Å². The van der Waals surface area contributed by atoms with Crippen LogP contribution in [0.4, 0.5) is 0 Å². The summed E-state index contributed by atoms with van der Waals surface area (Å²) in [7, 11) is 0. The molecule has 0 amide bonds. The average molecular weight is 245 g/mol. The fraction of sp³-hybridized carbons (Fsp3) is 0.500. The Balaban J connectivity index is 2.21. The van der Waals surface area contributed by atoms with E-state index < -0.39 is 0 Å². The maximum atomic E-state index is 6.07. The highest BCUT2D eigenvalue weighted by molar-refractivity contribution is 5.67. The molecule has 2 heteroatoms. The molecule has 0 spiro atoms. The smallest absolute Gasteiger partial charge is 0.120 e. The first kappa shape index (κ1) is 13.2. The molecule has 1 aromatic rings. The van der Waals surface area contributed by atoms with Gasteiger partial charge in [0.1, 0.15) is 5.75 Å². The van der Waals surface area contributed by atoms with Crippen molar-refractivity contribution in [3.63, 3.8) is 0 Å². The summed E-state index contributed by atoms with van der Waals surface area (Å²) in [4.78, 5) is 0. The number of hydrogen-bond donors (Lipinski definition) is 1.